The molecule has 1 aliphatic heterocycles. The van der Waals surface area contributed by atoms with Crippen molar-refractivity contribution in [1.29, 1.82) is 0 Å². The van der Waals surface area contributed by atoms with Crippen molar-refractivity contribution in [3.8, 4) is 0 Å². The number of hydrogen-bond donors (Lipinski definition) is 1. The fourth-order valence-electron chi connectivity index (χ4n) is 4.29. The Labute approximate surface area is 190 Å². The van der Waals surface area contributed by atoms with Gasteiger partial charge in [0.05, 0.1) is 12.2 Å². The van der Waals surface area contributed by atoms with E-state index in [1.54, 1.807) is 23.7 Å². The molecule has 3 heterocycles. The zero-order valence-corrected chi connectivity index (χ0v) is 19.2. The van der Waals surface area contributed by atoms with Gasteiger partial charge in [0.2, 0.25) is 0 Å². The molecule has 0 saturated carbocycles. The third-order valence-electron chi connectivity index (χ3n) is 6.27. The van der Waals surface area contributed by atoms with Crippen LogP contribution in [0.2, 0.25) is 0 Å². The highest BCUT2D eigenvalue weighted by molar-refractivity contribution is 5.94. The molecule has 0 spiro atoms. The number of halogens is 1. The van der Waals surface area contributed by atoms with Gasteiger partial charge in [-0.05, 0) is 31.5 Å². The van der Waals surface area contributed by atoms with Gasteiger partial charge < -0.3 is 9.47 Å². The number of hydrogen-bond acceptors (Lipinski definition) is 6. The molecule has 4 rings (SSSR count). The van der Waals surface area contributed by atoms with E-state index in [1.807, 2.05) is 11.8 Å². The standard InChI is InChI=1S/C23H29FN6O3/c1-4-5-8-30-21-20(22(32)26-23(30)33)27(3)19(25-21)14-28-9-11-29(12-10-28)18-7-6-16(15(2)31)13-17(18)24/h6-7,13H,4-5,8-12,14H2,1-3H3,(H,26,32,33). The van der Waals surface area contributed by atoms with Gasteiger partial charge in [-0.25, -0.2) is 14.2 Å². The van der Waals surface area contributed by atoms with Crippen molar-refractivity contribution in [2.45, 2.75) is 39.8 Å². The number of fused-ring (bicyclic) bond motifs is 1. The molecule has 3 aromatic rings. The second-order valence-corrected chi connectivity index (χ2v) is 8.51. The van der Waals surface area contributed by atoms with Gasteiger partial charge in [-0.3, -0.25) is 24.0 Å². The third kappa shape index (κ3) is 4.47. The van der Waals surface area contributed by atoms with Gasteiger partial charge in [-0.2, -0.15) is 0 Å². The molecule has 1 N–H and O–H groups in total. The molecule has 0 atom stereocenters. The highest BCUT2D eigenvalue weighted by atomic mass is 19.1. The number of ketones is 1. The second kappa shape index (κ2) is 9.30. The number of benzene rings is 1. The third-order valence-corrected chi connectivity index (χ3v) is 6.27. The van der Waals surface area contributed by atoms with Gasteiger partial charge in [-0.15, -0.1) is 0 Å². The summed E-state index contributed by atoms with van der Waals surface area (Å²) in [7, 11) is 1.79. The largest absolute Gasteiger partial charge is 0.367 e. The maximum atomic E-state index is 14.5. The van der Waals surface area contributed by atoms with Crippen molar-refractivity contribution in [2.75, 3.05) is 31.1 Å². The first-order valence-electron chi connectivity index (χ1n) is 11.3. The molecule has 0 amide bonds. The quantitative estimate of drug-likeness (QED) is 0.546. The summed E-state index contributed by atoms with van der Waals surface area (Å²) in [6.45, 7) is 7.13. The molecular weight excluding hydrogens is 427 g/mol. The average Bonchev–Trinajstić information content (AvgIpc) is 3.10. The van der Waals surface area contributed by atoms with Gasteiger partial charge in [0, 0.05) is 45.3 Å². The Morgan fingerprint density at radius 3 is 2.55 bits per heavy atom. The summed E-state index contributed by atoms with van der Waals surface area (Å²) >= 11 is 0. The van der Waals surface area contributed by atoms with E-state index < -0.39 is 17.1 Å². The molecule has 1 aliphatic rings. The number of piperazine rings is 1. The van der Waals surface area contributed by atoms with Crippen LogP contribution in [0.15, 0.2) is 27.8 Å². The van der Waals surface area contributed by atoms with Crippen LogP contribution in [0.1, 0.15) is 42.9 Å². The molecule has 0 aliphatic carbocycles. The van der Waals surface area contributed by atoms with E-state index in [0.717, 1.165) is 12.8 Å². The Balaban J connectivity index is 1.51. The topological polar surface area (TPSA) is 96.2 Å². The number of nitrogens with zero attached hydrogens (tertiary/aromatic N) is 5. The molecule has 0 radical (unpaired) electrons. The second-order valence-electron chi connectivity index (χ2n) is 8.51. The molecular formula is C23H29FN6O3. The highest BCUT2D eigenvalue weighted by Gasteiger charge is 2.23. The smallest absolute Gasteiger partial charge is 0.330 e. The normalized spacial score (nSPS) is 14.8. The van der Waals surface area contributed by atoms with Crippen LogP contribution in [0.4, 0.5) is 10.1 Å². The Bertz CT molecular complexity index is 1300. The first-order chi connectivity index (χ1) is 15.8. The van der Waals surface area contributed by atoms with E-state index in [4.69, 9.17) is 0 Å². The molecule has 176 valence electrons. The van der Waals surface area contributed by atoms with Crippen LogP contribution in [0.25, 0.3) is 11.2 Å². The summed E-state index contributed by atoms with van der Waals surface area (Å²) in [4.78, 5) is 47.5. The summed E-state index contributed by atoms with van der Waals surface area (Å²) in [5, 5.41) is 0. The Morgan fingerprint density at radius 2 is 1.91 bits per heavy atom. The fourth-order valence-corrected chi connectivity index (χ4v) is 4.29. The number of nitrogens with one attached hydrogen (secondary N) is 1. The lowest BCUT2D eigenvalue weighted by Gasteiger charge is -2.36. The van der Waals surface area contributed by atoms with Crippen LogP contribution < -0.4 is 16.1 Å². The number of carbonyl (C=O) groups excluding carboxylic acids is 1. The Morgan fingerprint density at radius 1 is 1.18 bits per heavy atom. The first kappa shape index (κ1) is 22.9. The number of anilines is 1. The van der Waals surface area contributed by atoms with Crippen molar-refractivity contribution < 1.29 is 9.18 Å². The molecule has 1 saturated heterocycles. The van der Waals surface area contributed by atoms with Crippen LogP contribution in [-0.4, -0.2) is 56.0 Å². The van der Waals surface area contributed by atoms with Gasteiger partial charge in [0.25, 0.3) is 5.56 Å². The van der Waals surface area contributed by atoms with Crippen molar-refractivity contribution in [1.82, 2.24) is 24.0 Å². The molecule has 1 aromatic carbocycles. The molecule has 0 bridgehead atoms. The minimum Gasteiger partial charge on any atom is -0.367 e. The number of H-pyrrole nitrogens is 1. The van der Waals surface area contributed by atoms with E-state index >= 15 is 0 Å². The minimum absolute atomic E-state index is 0.160. The molecule has 9 nitrogen and oxygen atoms in total. The van der Waals surface area contributed by atoms with Crippen LogP contribution in [0, 0.1) is 5.82 Å². The van der Waals surface area contributed by atoms with E-state index in [1.165, 1.54) is 17.6 Å². The lowest BCUT2D eigenvalue weighted by molar-refractivity contribution is 0.101. The molecule has 0 unspecified atom stereocenters. The number of rotatable bonds is 7. The minimum atomic E-state index is -0.433. The van der Waals surface area contributed by atoms with E-state index in [-0.39, 0.29) is 5.78 Å². The van der Waals surface area contributed by atoms with Crippen LogP contribution >= 0.6 is 0 Å². The van der Waals surface area contributed by atoms with Crippen LogP contribution in [0.3, 0.4) is 0 Å². The van der Waals surface area contributed by atoms with Gasteiger partial charge in [-0.1, -0.05) is 13.3 Å². The maximum Gasteiger partial charge on any atom is 0.330 e. The van der Waals surface area contributed by atoms with E-state index in [0.29, 0.717) is 67.5 Å². The first-order valence-corrected chi connectivity index (χ1v) is 11.3. The summed E-state index contributed by atoms with van der Waals surface area (Å²) in [5.74, 6) is 0.152. The number of unbranched alkanes of at least 4 members (excludes halogenated alkanes) is 1. The van der Waals surface area contributed by atoms with Crippen molar-refractivity contribution in [3.05, 3.63) is 56.2 Å². The van der Waals surface area contributed by atoms with Crippen molar-refractivity contribution >= 4 is 22.6 Å². The average molecular weight is 457 g/mol. The van der Waals surface area contributed by atoms with Crippen LogP contribution in [0.5, 0.6) is 0 Å². The summed E-state index contributed by atoms with van der Waals surface area (Å²) in [6.07, 6.45) is 1.74. The summed E-state index contributed by atoms with van der Waals surface area (Å²) < 4.78 is 17.8. The maximum absolute atomic E-state index is 14.5. The summed E-state index contributed by atoms with van der Waals surface area (Å²) in [5.41, 5.74) is 0.807. The zero-order valence-electron chi connectivity index (χ0n) is 19.2. The number of carbonyl (C=O) groups is 1. The molecule has 1 fully saturated rings. The van der Waals surface area contributed by atoms with Gasteiger partial charge >= 0.3 is 5.69 Å². The van der Waals surface area contributed by atoms with Gasteiger partial charge in [0.15, 0.2) is 16.9 Å². The molecule has 33 heavy (non-hydrogen) atoms. The van der Waals surface area contributed by atoms with Gasteiger partial charge in [0.1, 0.15) is 11.6 Å². The Hall–Kier alpha value is -3.27. The highest BCUT2D eigenvalue weighted by Crippen LogP contribution is 2.23. The number of Topliss-reactive ketones (excluding diaryl/α,β-unsaturated/α-hetero) is 1. The monoisotopic (exact) mass is 456 g/mol. The number of aromatic amines is 1. The number of aryl methyl sites for hydroxylation is 2. The number of imidazole rings is 1. The van der Waals surface area contributed by atoms with Crippen molar-refractivity contribution in [2.24, 2.45) is 7.05 Å². The summed E-state index contributed by atoms with van der Waals surface area (Å²) in [6, 6.07) is 4.61. The lowest BCUT2D eigenvalue weighted by Crippen LogP contribution is -2.46. The SMILES string of the molecule is CCCCn1c(=O)[nH]c(=O)c2c1nc(CN1CCN(c3ccc(C(C)=O)cc3F)CC1)n2C. The zero-order chi connectivity index (χ0) is 23.7. The molecule has 2 aromatic heterocycles. The van der Waals surface area contributed by atoms with E-state index in [2.05, 4.69) is 14.9 Å². The fraction of sp³-hybridized carbons (Fsp3) is 0.478. The predicted octanol–water partition coefficient (Wildman–Crippen LogP) is 1.89. The molecule has 10 heteroatoms. The predicted molar refractivity (Wildman–Crippen MR) is 124 cm³/mol. The Kier molecular flexibility index (Phi) is 6.46. The van der Waals surface area contributed by atoms with Crippen molar-refractivity contribution in [3.63, 3.8) is 0 Å². The number of aromatic nitrogens is 4. The van der Waals surface area contributed by atoms with E-state index in [9.17, 15) is 18.8 Å². The lowest BCUT2D eigenvalue weighted by atomic mass is 10.1. The van der Waals surface area contributed by atoms with Crippen LogP contribution in [-0.2, 0) is 20.1 Å².